The molecule has 0 amide bonds. The van der Waals surface area contributed by atoms with Crippen LogP contribution in [0.3, 0.4) is 0 Å². The van der Waals surface area contributed by atoms with E-state index >= 15 is 0 Å². The smallest absolute Gasteiger partial charge is 0.341 e. The predicted molar refractivity (Wildman–Crippen MR) is 153 cm³/mol. The molecule has 1 aliphatic heterocycles. The van der Waals surface area contributed by atoms with Gasteiger partial charge in [0.05, 0.1) is 12.6 Å². The van der Waals surface area contributed by atoms with Crippen LogP contribution in [0.4, 0.5) is 0 Å². The highest BCUT2D eigenvalue weighted by molar-refractivity contribution is 6.30. The van der Waals surface area contributed by atoms with Gasteiger partial charge in [0.25, 0.3) is 0 Å². The minimum absolute atomic E-state index is 0.176. The van der Waals surface area contributed by atoms with Gasteiger partial charge in [-0.1, -0.05) is 47.7 Å². The third-order valence-corrected chi connectivity index (χ3v) is 6.73. The Hall–Kier alpha value is -3.76. The molecule has 0 bridgehead atoms. The number of benzene rings is 3. The lowest BCUT2D eigenvalue weighted by molar-refractivity contribution is -0.139. The lowest BCUT2D eigenvalue weighted by Crippen LogP contribution is -2.35. The molecule has 0 spiro atoms. The number of hydrogen-bond donors (Lipinski definition) is 2. The van der Waals surface area contributed by atoms with Crippen molar-refractivity contribution in [1.82, 2.24) is 4.90 Å². The van der Waals surface area contributed by atoms with Crippen LogP contribution in [0.15, 0.2) is 72.8 Å². The number of carboxylic acid groups (broad SMARTS) is 1. The number of aliphatic hydroxyl groups is 1. The molecular weight excluding hydrogens is 514 g/mol. The van der Waals surface area contributed by atoms with E-state index in [0.29, 0.717) is 29.7 Å². The lowest BCUT2D eigenvalue weighted by Gasteiger charge is -2.27. The molecule has 3 aromatic carbocycles. The van der Waals surface area contributed by atoms with Crippen LogP contribution in [0.25, 0.3) is 5.57 Å². The van der Waals surface area contributed by atoms with Gasteiger partial charge in [0, 0.05) is 23.7 Å². The number of hydrogen-bond acceptors (Lipinski definition) is 5. The third-order valence-electron chi connectivity index (χ3n) is 6.48. The van der Waals surface area contributed by atoms with Crippen LogP contribution in [0.5, 0.6) is 11.5 Å². The first-order chi connectivity index (χ1) is 18.9. The Labute approximate surface area is 234 Å². The molecule has 202 valence electrons. The number of rotatable bonds is 9. The molecule has 2 N–H and O–H groups in total. The first-order valence-corrected chi connectivity index (χ1v) is 13.3. The summed E-state index contributed by atoms with van der Waals surface area (Å²) in [5.41, 5.74) is 4.80. The van der Waals surface area contributed by atoms with Crippen molar-refractivity contribution in [1.29, 1.82) is 0 Å². The number of aliphatic hydroxyl groups excluding tert-OH is 1. The third kappa shape index (κ3) is 8.62. The highest BCUT2D eigenvalue weighted by atomic mass is 35.5. The Morgan fingerprint density at radius 3 is 2.33 bits per heavy atom. The Balaban J connectivity index is 1.45. The molecule has 3 aromatic rings. The normalized spacial score (nSPS) is 14.4. The number of likely N-dealkylation sites (tertiary alicyclic amines) is 1. The van der Waals surface area contributed by atoms with Crippen molar-refractivity contribution in [3.63, 3.8) is 0 Å². The lowest BCUT2D eigenvalue weighted by atomic mass is 9.97. The van der Waals surface area contributed by atoms with Crippen LogP contribution < -0.4 is 9.47 Å². The predicted octanol–water partition coefficient (Wildman–Crippen LogP) is 5.43. The fourth-order valence-electron chi connectivity index (χ4n) is 4.33. The monoisotopic (exact) mass is 545 g/mol. The number of aryl methyl sites for hydroxylation is 1. The summed E-state index contributed by atoms with van der Waals surface area (Å²) in [6.45, 7) is 4.26. The van der Waals surface area contributed by atoms with Crippen molar-refractivity contribution in [2.45, 2.75) is 25.9 Å². The number of ether oxygens (including phenoxy) is 2. The first kappa shape index (κ1) is 28.3. The Morgan fingerprint density at radius 1 is 1.03 bits per heavy atom. The fourth-order valence-corrected chi connectivity index (χ4v) is 4.46. The molecule has 0 unspecified atom stereocenters. The van der Waals surface area contributed by atoms with Gasteiger partial charge in [0.15, 0.2) is 6.61 Å². The fraction of sp³-hybridized carbons (Fsp3) is 0.281. The van der Waals surface area contributed by atoms with E-state index in [1.807, 2.05) is 55.5 Å². The van der Waals surface area contributed by atoms with Gasteiger partial charge in [-0.3, -0.25) is 4.90 Å². The van der Waals surface area contributed by atoms with Crippen molar-refractivity contribution in [2.24, 2.45) is 0 Å². The van der Waals surface area contributed by atoms with E-state index in [4.69, 9.17) is 26.2 Å². The van der Waals surface area contributed by atoms with Crippen LogP contribution in [0.2, 0.25) is 5.02 Å². The van der Waals surface area contributed by atoms with E-state index in [-0.39, 0.29) is 12.7 Å². The van der Waals surface area contributed by atoms with Crippen LogP contribution >= 0.6 is 11.6 Å². The Bertz CT molecular complexity index is 1350. The average Bonchev–Trinajstić information content (AvgIpc) is 2.93. The van der Waals surface area contributed by atoms with Crippen molar-refractivity contribution in [2.75, 3.05) is 32.8 Å². The summed E-state index contributed by atoms with van der Waals surface area (Å²) in [4.78, 5) is 13.0. The summed E-state index contributed by atoms with van der Waals surface area (Å²) in [5, 5.41) is 19.2. The van der Waals surface area contributed by atoms with Gasteiger partial charge in [-0.05, 0) is 90.6 Å². The topological polar surface area (TPSA) is 79.2 Å². The second-order valence-corrected chi connectivity index (χ2v) is 9.87. The van der Waals surface area contributed by atoms with Gasteiger partial charge in [0.1, 0.15) is 18.1 Å². The molecule has 1 heterocycles. The second-order valence-electron chi connectivity index (χ2n) is 9.43. The maximum atomic E-state index is 10.8. The molecule has 4 rings (SSSR count). The molecule has 1 fully saturated rings. The van der Waals surface area contributed by atoms with E-state index in [1.54, 1.807) is 12.1 Å². The molecule has 0 atom stereocenters. The largest absolute Gasteiger partial charge is 0.489 e. The number of carboxylic acids is 1. The van der Waals surface area contributed by atoms with E-state index in [2.05, 4.69) is 28.9 Å². The zero-order valence-corrected chi connectivity index (χ0v) is 22.7. The van der Waals surface area contributed by atoms with Crippen LogP contribution in [-0.4, -0.2) is 60.0 Å². The second kappa shape index (κ2) is 13.9. The number of halogens is 1. The summed E-state index contributed by atoms with van der Waals surface area (Å²) in [6, 6.07) is 21.2. The van der Waals surface area contributed by atoms with Gasteiger partial charge >= 0.3 is 5.97 Å². The minimum atomic E-state index is -1.02. The molecule has 7 heteroatoms. The van der Waals surface area contributed by atoms with E-state index in [1.165, 1.54) is 0 Å². The van der Waals surface area contributed by atoms with Gasteiger partial charge < -0.3 is 19.7 Å². The number of nitrogens with zero attached hydrogens (tertiary/aromatic N) is 1. The highest BCUT2D eigenvalue weighted by Gasteiger charge is 2.15. The van der Waals surface area contributed by atoms with E-state index < -0.39 is 5.97 Å². The molecule has 6 nitrogen and oxygen atoms in total. The summed E-state index contributed by atoms with van der Waals surface area (Å²) >= 11 is 6.13. The first-order valence-electron chi connectivity index (χ1n) is 12.9. The standard InChI is InChI=1S/C32H32ClNO5/c1-23-21-29(12-13-31(23)39-22-32(36)37)38-20-16-30(26-8-10-27(33)11-9-26)25-6-4-24(5-7-25)3-2-17-34-18-14-28(35)15-19-34/h4-13,16,21,28,35H,14-15,17-20,22H2,1H3,(H,36,37)/b30-16-. The summed E-state index contributed by atoms with van der Waals surface area (Å²) < 4.78 is 11.3. The molecule has 0 aliphatic carbocycles. The zero-order chi connectivity index (χ0) is 27.6. The maximum Gasteiger partial charge on any atom is 0.341 e. The van der Waals surface area contributed by atoms with Crippen LogP contribution in [0, 0.1) is 18.8 Å². The Morgan fingerprint density at radius 2 is 1.69 bits per heavy atom. The van der Waals surface area contributed by atoms with Crippen molar-refractivity contribution in [3.05, 3.63) is 100 Å². The SMILES string of the molecule is Cc1cc(OC/C=C(\c2ccc(Cl)cc2)c2ccc(C#CCN3CCC(O)CC3)cc2)ccc1OCC(=O)O. The van der Waals surface area contributed by atoms with Gasteiger partial charge in [-0.15, -0.1) is 0 Å². The van der Waals surface area contributed by atoms with Crippen LogP contribution in [0.1, 0.15) is 35.1 Å². The molecule has 1 aliphatic rings. The Kier molecular flexibility index (Phi) is 10.0. The quantitative estimate of drug-likeness (QED) is 0.349. The summed E-state index contributed by atoms with van der Waals surface area (Å²) in [7, 11) is 0. The molecule has 0 saturated carbocycles. The van der Waals surface area contributed by atoms with Crippen molar-refractivity contribution >= 4 is 23.1 Å². The number of carbonyl (C=O) groups is 1. The minimum Gasteiger partial charge on any atom is -0.489 e. The van der Waals surface area contributed by atoms with E-state index in [0.717, 1.165) is 53.8 Å². The van der Waals surface area contributed by atoms with Gasteiger partial charge in [-0.2, -0.15) is 0 Å². The zero-order valence-electron chi connectivity index (χ0n) is 21.9. The molecule has 0 radical (unpaired) electrons. The maximum absolute atomic E-state index is 10.8. The van der Waals surface area contributed by atoms with Crippen molar-refractivity contribution < 1.29 is 24.5 Å². The number of piperidine rings is 1. The molecule has 39 heavy (non-hydrogen) atoms. The molecular formula is C32H32ClNO5. The summed E-state index contributed by atoms with van der Waals surface area (Å²) in [5.74, 6) is 6.66. The molecule has 1 saturated heterocycles. The van der Waals surface area contributed by atoms with E-state index in [9.17, 15) is 9.90 Å². The highest BCUT2D eigenvalue weighted by Crippen LogP contribution is 2.27. The van der Waals surface area contributed by atoms with Crippen molar-refractivity contribution in [3.8, 4) is 23.3 Å². The number of aliphatic carboxylic acids is 1. The average molecular weight is 546 g/mol. The van der Waals surface area contributed by atoms with Gasteiger partial charge in [-0.25, -0.2) is 4.79 Å². The van der Waals surface area contributed by atoms with Gasteiger partial charge in [0.2, 0.25) is 0 Å². The molecule has 0 aromatic heterocycles. The van der Waals surface area contributed by atoms with Crippen LogP contribution in [-0.2, 0) is 4.79 Å². The summed E-state index contributed by atoms with van der Waals surface area (Å²) in [6.07, 6.45) is 3.47.